The molecule has 1 fully saturated rings. The SMILES string of the molecule is O=C(O)CC(=O)OC1CCCCCCC1. The van der Waals surface area contributed by atoms with Crippen molar-refractivity contribution in [3.05, 3.63) is 0 Å². The lowest BCUT2D eigenvalue weighted by molar-refractivity contribution is -0.155. The molecule has 0 atom stereocenters. The van der Waals surface area contributed by atoms with Gasteiger partial charge in [0.05, 0.1) is 0 Å². The molecule has 0 bridgehead atoms. The molecule has 1 saturated carbocycles. The van der Waals surface area contributed by atoms with E-state index in [1.807, 2.05) is 0 Å². The fourth-order valence-electron chi connectivity index (χ4n) is 1.89. The molecule has 0 aromatic heterocycles. The molecule has 1 aliphatic carbocycles. The van der Waals surface area contributed by atoms with Gasteiger partial charge in [0.1, 0.15) is 12.5 Å². The number of ether oxygens (including phenoxy) is 1. The highest BCUT2D eigenvalue weighted by molar-refractivity contribution is 5.90. The topological polar surface area (TPSA) is 63.6 Å². The Morgan fingerprint density at radius 3 is 2.13 bits per heavy atom. The Labute approximate surface area is 89.6 Å². The molecular weight excluding hydrogens is 196 g/mol. The van der Waals surface area contributed by atoms with Crippen molar-refractivity contribution in [3.63, 3.8) is 0 Å². The van der Waals surface area contributed by atoms with Crippen LogP contribution < -0.4 is 0 Å². The van der Waals surface area contributed by atoms with Crippen LogP contribution in [0.25, 0.3) is 0 Å². The third kappa shape index (κ3) is 5.40. The first kappa shape index (κ1) is 12.0. The highest BCUT2D eigenvalue weighted by Crippen LogP contribution is 2.19. The maximum Gasteiger partial charge on any atom is 0.317 e. The van der Waals surface area contributed by atoms with Crippen molar-refractivity contribution in [2.75, 3.05) is 0 Å². The first-order valence-corrected chi connectivity index (χ1v) is 5.60. The summed E-state index contributed by atoms with van der Waals surface area (Å²) in [7, 11) is 0. The summed E-state index contributed by atoms with van der Waals surface area (Å²) in [6.07, 6.45) is 6.97. The molecule has 0 unspecified atom stereocenters. The van der Waals surface area contributed by atoms with Gasteiger partial charge in [-0.05, 0) is 25.7 Å². The first-order valence-electron chi connectivity index (χ1n) is 5.60. The van der Waals surface area contributed by atoms with Crippen LogP contribution in [0.1, 0.15) is 51.4 Å². The van der Waals surface area contributed by atoms with Crippen molar-refractivity contribution in [1.29, 1.82) is 0 Å². The molecule has 0 aliphatic heterocycles. The highest BCUT2D eigenvalue weighted by Gasteiger charge is 2.17. The van der Waals surface area contributed by atoms with Gasteiger partial charge in [0.15, 0.2) is 0 Å². The molecule has 86 valence electrons. The molecule has 15 heavy (non-hydrogen) atoms. The van der Waals surface area contributed by atoms with Gasteiger partial charge >= 0.3 is 11.9 Å². The number of hydrogen-bond acceptors (Lipinski definition) is 3. The van der Waals surface area contributed by atoms with Crippen LogP contribution in [-0.2, 0) is 14.3 Å². The Morgan fingerprint density at radius 1 is 1.07 bits per heavy atom. The summed E-state index contributed by atoms with van der Waals surface area (Å²) in [5.41, 5.74) is 0. The van der Waals surface area contributed by atoms with E-state index in [0.29, 0.717) is 0 Å². The summed E-state index contributed by atoms with van der Waals surface area (Å²) in [4.78, 5) is 21.4. The zero-order valence-corrected chi connectivity index (χ0v) is 8.91. The van der Waals surface area contributed by atoms with E-state index >= 15 is 0 Å². The van der Waals surface area contributed by atoms with Crippen molar-refractivity contribution in [3.8, 4) is 0 Å². The average molecular weight is 214 g/mol. The lowest BCUT2D eigenvalue weighted by Crippen LogP contribution is -2.21. The van der Waals surface area contributed by atoms with Crippen LogP contribution in [-0.4, -0.2) is 23.1 Å². The maximum atomic E-state index is 11.1. The van der Waals surface area contributed by atoms with E-state index in [1.54, 1.807) is 0 Å². The molecule has 4 nitrogen and oxygen atoms in total. The van der Waals surface area contributed by atoms with E-state index in [2.05, 4.69) is 0 Å². The van der Waals surface area contributed by atoms with E-state index in [9.17, 15) is 9.59 Å². The Balaban J connectivity index is 2.28. The van der Waals surface area contributed by atoms with Gasteiger partial charge in [-0.15, -0.1) is 0 Å². The number of carbonyl (C=O) groups is 2. The number of carboxylic acid groups (broad SMARTS) is 1. The second kappa shape index (κ2) is 6.43. The second-order valence-electron chi connectivity index (χ2n) is 4.03. The number of carboxylic acids is 1. The molecule has 0 heterocycles. The van der Waals surface area contributed by atoms with Gasteiger partial charge in [-0.3, -0.25) is 9.59 Å². The molecule has 0 spiro atoms. The van der Waals surface area contributed by atoms with Gasteiger partial charge in [0.25, 0.3) is 0 Å². The van der Waals surface area contributed by atoms with E-state index in [4.69, 9.17) is 9.84 Å². The largest absolute Gasteiger partial charge is 0.481 e. The zero-order valence-electron chi connectivity index (χ0n) is 8.91. The van der Waals surface area contributed by atoms with Gasteiger partial charge < -0.3 is 9.84 Å². The van der Waals surface area contributed by atoms with Gasteiger partial charge in [-0.1, -0.05) is 19.3 Å². The van der Waals surface area contributed by atoms with Crippen LogP contribution in [0.3, 0.4) is 0 Å². The van der Waals surface area contributed by atoms with Crippen LogP contribution >= 0.6 is 0 Å². The molecule has 0 aromatic rings. The summed E-state index contributed by atoms with van der Waals surface area (Å²) in [5.74, 6) is -1.72. The molecule has 1 rings (SSSR count). The minimum Gasteiger partial charge on any atom is -0.481 e. The van der Waals surface area contributed by atoms with E-state index in [-0.39, 0.29) is 6.10 Å². The number of esters is 1. The van der Waals surface area contributed by atoms with Crippen LogP contribution in [0.15, 0.2) is 0 Å². The van der Waals surface area contributed by atoms with Crippen LogP contribution in [0.2, 0.25) is 0 Å². The molecule has 0 amide bonds. The summed E-state index contributed by atoms with van der Waals surface area (Å²) in [6, 6.07) is 0. The van der Waals surface area contributed by atoms with Crippen molar-refractivity contribution >= 4 is 11.9 Å². The number of aliphatic carboxylic acids is 1. The molecule has 0 saturated heterocycles. The average Bonchev–Trinajstić information content (AvgIpc) is 2.08. The van der Waals surface area contributed by atoms with E-state index < -0.39 is 18.4 Å². The third-order valence-corrected chi connectivity index (χ3v) is 2.65. The predicted molar refractivity (Wildman–Crippen MR) is 54.5 cm³/mol. The minimum atomic E-state index is -1.12. The van der Waals surface area contributed by atoms with E-state index in [1.165, 1.54) is 19.3 Å². The second-order valence-corrected chi connectivity index (χ2v) is 4.03. The van der Waals surface area contributed by atoms with Crippen LogP contribution in [0.5, 0.6) is 0 Å². The lowest BCUT2D eigenvalue weighted by Gasteiger charge is -2.19. The number of carbonyl (C=O) groups excluding carboxylic acids is 1. The molecule has 0 radical (unpaired) electrons. The monoisotopic (exact) mass is 214 g/mol. The van der Waals surface area contributed by atoms with Crippen molar-refractivity contribution < 1.29 is 19.4 Å². The Bertz CT molecular complexity index is 217. The quantitative estimate of drug-likeness (QED) is 0.577. The maximum absolute atomic E-state index is 11.1. The van der Waals surface area contributed by atoms with Crippen molar-refractivity contribution in [1.82, 2.24) is 0 Å². The minimum absolute atomic E-state index is 0.0582. The van der Waals surface area contributed by atoms with Gasteiger partial charge in [0, 0.05) is 0 Å². The smallest absolute Gasteiger partial charge is 0.317 e. The molecular formula is C11H18O4. The summed E-state index contributed by atoms with van der Waals surface area (Å²) in [5, 5.41) is 8.41. The molecule has 1 aliphatic rings. The van der Waals surface area contributed by atoms with Crippen molar-refractivity contribution in [2.24, 2.45) is 0 Å². The standard InChI is InChI=1S/C11H18O4/c12-10(13)8-11(14)15-9-6-4-2-1-3-5-7-9/h9H,1-8H2,(H,12,13). The fourth-order valence-corrected chi connectivity index (χ4v) is 1.89. The normalized spacial score (nSPS) is 18.9. The lowest BCUT2D eigenvalue weighted by atomic mass is 9.98. The van der Waals surface area contributed by atoms with Gasteiger partial charge in [0.2, 0.25) is 0 Å². The Hall–Kier alpha value is -1.06. The molecule has 0 aromatic carbocycles. The fraction of sp³-hybridized carbons (Fsp3) is 0.818. The summed E-state index contributed by atoms with van der Waals surface area (Å²) >= 11 is 0. The zero-order chi connectivity index (χ0) is 11.1. The van der Waals surface area contributed by atoms with Crippen molar-refractivity contribution in [2.45, 2.75) is 57.5 Å². The molecule has 4 heteroatoms. The summed E-state index contributed by atoms with van der Waals surface area (Å²) in [6.45, 7) is 0. The summed E-state index contributed by atoms with van der Waals surface area (Å²) < 4.78 is 5.12. The first-order chi connectivity index (χ1) is 7.18. The number of hydrogen-bond donors (Lipinski definition) is 1. The highest BCUT2D eigenvalue weighted by atomic mass is 16.5. The van der Waals surface area contributed by atoms with E-state index in [0.717, 1.165) is 25.7 Å². The Morgan fingerprint density at radius 2 is 1.60 bits per heavy atom. The molecule has 1 N–H and O–H groups in total. The van der Waals surface area contributed by atoms with Gasteiger partial charge in [-0.2, -0.15) is 0 Å². The Kier molecular flexibility index (Phi) is 5.15. The third-order valence-electron chi connectivity index (χ3n) is 2.65. The van der Waals surface area contributed by atoms with Gasteiger partial charge in [-0.25, -0.2) is 0 Å². The van der Waals surface area contributed by atoms with Crippen LogP contribution in [0.4, 0.5) is 0 Å². The predicted octanol–water partition coefficient (Wildman–Crippen LogP) is 2.12. The number of rotatable bonds is 3. The van der Waals surface area contributed by atoms with Crippen LogP contribution in [0, 0.1) is 0 Å².